The number of benzene rings is 2. The topological polar surface area (TPSA) is 57.8 Å². The standard InChI is InChI=1S/C28H27ClFN5O/c1-16-31-14-24(34(16)3)26(25-15-32-17(2)35(25)4)19-8-11-23-21(13-19)27(29)22(28(33-23)36-5)12-18-6-9-20(30)10-7-18/h6-11,13-15,26H,12H2,1-5H3. The molecule has 0 N–H and O–H groups in total. The minimum absolute atomic E-state index is 0.106. The van der Waals surface area contributed by atoms with Gasteiger partial charge in [0.1, 0.15) is 17.5 Å². The Kier molecular flexibility index (Phi) is 6.26. The number of hydrogen-bond acceptors (Lipinski definition) is 4. The van der Waals surface area contributed by atoms with Crippen LogP contribution in [0.4, 0.5) is 4.39 Å². The van der Waals surface area contributed by atoms with Crippen LogP contribution in [0.1, 0.15) is 45.6 Å². The van der Waals surface area contributed by atoms with E-state index >= 15 is 0 Å². The molecule has 0 saturated carbocycles. The van der Waals surface area contributed by atoms with Crippen LogP contribution in [0.15, 0.2) is 54.9 Å². The number of methoxy groups -OCH3 is 1. The highest BCUT2D eigenvalue weighted by Crippen LogP contribution is 2.38. The van der Waals surface area contributed by atoms with Gasteiger partial charge in [-0.05, 0) is 49.2 Å². The second-order valence-corrected chi connectivity index (χ2v) is 9.38. The Balaban J connectivity index is 1.69. The highest BCUT2D eigenvalue weighted by Gasteiger charge is 2.25. The molecule has 0 aliphatic heterocycles. The summed E-state index contributed by atoms with van der Waals surface area (Å²) in [5.74, 6) is 1.94. The van der Waals surface area contributed by atoms with Gasteiger partial charge in [0.15, 0.2) is 0 Å². The van der Waals surface area contributed by atoms with Gasteiger partial charge in [-0.15, -0.1) is 0 Å². The van der Waals surface area contributed by atoms with Crippen LogP contribution < -0.4 is 4.74 Å². The second-order valence-electron chi connectivity index (χ2n) is 9.01. The molecule has 0 unspecified atom stereocenters. The summed E-state index contributed by atoms with van der Waals surface area (Å²) in [6.45, 7) is 3.98. The summed E-state index contributed by atoms with van der Waals surface area (Å²) in [7, 11) is 5.63. The van der Waals surface area contributed by atoms with Gasteiger partial charge in [-0.3, -0.25) is 0 Å². The number of ether oxygens (including phenoxy) is 1. The predicted octanol–water partition coefficient (Wildman–Crippen LogP) is 5.89. The molecule has 2 aromatic carbocycles. The van der Waals surface area contributed by atoms with E-state index < -0.39 is 0 Å². The van der Waals surface area contributed by atoms with Gasteiger partial charge in [0.05, 0.1) is 35.0 Å². The van der Waals surface area contributed by atoms with Gasteiger partial charge in [0.25, 0.3) is 0 Å². The summed E-state index contributed by atoms with van der Waals surface area (Å²) in [5.41, 5.74) is 5.58. The lowest BCUT2D eigenvalue weighted by Crippen LogP contribution is -2.13. The maximum Gasteiger partial charge on any atom is 0.218 e. The molecule has 5 rings (SSSR count). The van der Waals surface area contributed by atoms with Crippen LogP contribution in [0.5, 0.6) is 5.88 Å². The van der Waals surface area contributed by atoms with Crippen LogP contribution in [-0.2, 0) is 20.5 Å². The van der Waals surface area contributed by atoms with Crippen molar-refractivity contribution in [1.82, 2.24) is 24.1 Å². The summed E-state index contributed by atoms with van der Waals surface area (Å²) >= 11 is 7.02. The Labute approximate surface area is 214 Å². The fraction of sp³-hybridized carbons (Fsp3) is 0.250. The SMILES string of the molecule is COc1nc2ccc(C(c3cnc(C)n3C)c3cnc(C)n3C)cc2c(Cl)c1Cc1ccc(F)cc1. The first-order valence-electron chi connectivity index (χ1n) is 11.6. The van der Waals surface area contributed by atoms with Crippen LogP contribution in [-0.4, -0.2) is 31.2 Å². The Morgan fingerprint density at radius 2 is 1.56 bits per heavy atom. The first kappa shape index (κ1) is 24.0. The molecular weight excluding hydrogens is 477 g/mol. The summed E-state index contributed by atoms with van der Waals surface area (Å²) in [6, 6.07) is 12.5. The number of aromatic nitrogens is 5. The summed E-state index contributed by atoms with van der Waals surface area (Å²) < 4.78 is 23.2. The largest absolute Gasteiger partial charge is 0.481 e. The number of imidazole rings is 2. The highest BCUT2D eigenvalue weighted by molar-refractivity contribution is 6.36. The summed E-state index contributed by atoms with van der Waals surface area (Å²) in [6.07, 6.45) is 4.31. The molecule has 0 amide bonds. The Hall–Kier alpha value is -3.71. The van der Waals surface area contributed by atoms with Crippen LogP contribution in [0.2, 0.25) is 5.02 Å². The minimum atomic E-state index is -0.278. The molecule has 0 spiro atoms. The third kappa shape index (κ3) is 4.13. The zero-order valence-corrected chi connectivity index (χ0v) is 21.6. The molecule has 0 aliphatic carbocycles. The number of aryl methyl sites for hydroxylation is 2. The van der Waals surface area contributed by atoms with Crippen LogP contribution in [0.3, 0.4) is 0 Å². The fourth-order valence-electron chi connectivity index (χ4n) is 4.64. The van der Waals surface area contributed by atoms with Crippen molar-refractivity contribution in [2.24, 2.45) is 14.1 Å². The second kappa shape index (κ2) is 9.39. The van der Waals surface area contributed by atoms with E-state index in [1.54, 1.807) is 19.2 Å². The van der Waals surface area contributed by atoms with Gasteiger partial charge in [-0.25, -0.2) is 19.3 Å². The average molecular weight is 504 g/mol. The number of fused-ring (bicyclic) bond motifs is 1. The van der Waals surface area contributed by atoms with Crippen molar-refractivity contribution < 1.29 is 9.13 Å². The van der Waals surface area contributed by atoms with Crippen molar-refractivity contribution in [3.05, 3.63) is 105 Å². The number of halogens is 2. The molecule has 0 bridgehead atoms. The number of nitrogens with zero attached hydrogens (tertiary/aromatic N) is 5. The third-order valence-corrected chi connectivity index (χ3v) is 7.36. The smallest absolute Gasteiger partial charge is 0.218 e. The lowest BCUT2D eigenvalue weighted by atomic mass is 9.91. The fourth-order valence-corrected chi connectivity index (χ4v) is 4.94. The van der Waals surface area contributed by atoms with E-state index in [4.69, 9.17) is 21.3 Å². The van der Waals surface area contributed by atoms with Crippen molar-refractivity contribution >= 4 is 22.5 Å². The molecule has 3 aromatic heterocycles. The first-order chi connectivity index (χ1) is 17.3. The van der Waals surface area contributed by atoms with Gasteiger partial charge >= 0.3 is 0 Å². The molecule has 184 valence electrons. The number of hydrogen-bond donors (Lipinski definition) is 0. The van der Waals surface area contributed by atoms with Crippen molar-refractivity contribution in [1.29, 1.82) is 0 Å². The molecule has 0 aliphatic rings. The van der Waals surface area contributed by atoms with E-state index in [-0.39, 0.29) is 11.7 Å². The third-order valence-electron chi connectivity index (χ3n) is 6.93. The zero-order valence-electron chi connectivity index (χ0n) is 20.9. The molecular formula is C28H27ClFN5O. The molecule has 0 radical (unpaired) electrons. The molecule has 0 saturated heterocycles. The number of pyridine rings is 1. The zero-order chi connectivity index (χ0) is 25.6. The van der Waals surface area contributed by atoms with Crippen molar-refractivity contribution in [2.75, 3.05) is 7.11 Å². The highest BCUT2D eigenvalue weighted by atomic mass is 35.5. The molecule has 5 aromatic rings. The molecule has 8 heteroatoms. The Morgan fingerprint density at radius 1 is 0.944 bits per heavy atom. The lowest BCUT2D eigenvalue weighted by Gasteiger charge is -2.21. The van der Waals surface area contributed by atoms with Crippen LogP contribution in [0, 0.1) is 19.7 Å². The van der Waals surface area contributed by atoms with E-state index in [0.717, 1.165) is 50.6 Å². The Morgan fingerprint density at radius 3 is 2.08 bits per heavy atom. The average Bonchev–Trinajstić information content (AvgIpc) is 3.38. The maximum absolute atomic E-state index is 13.4. The van der Waals surface area contributed by atoms with Crippen LogP contribution >= 0.6 is 11.6 Å². The number of rotatable bonds is 6. The van der Waals surface area contributed by atoms with Crippen molar-refractivity contribution in [3.63, 3.8) is 0 Å². The monoisotopic (exact) mass is 503 g/mol. The first-order valence-corrected chi connectivity index (χ1v) is 12.0. The Bertz CT molecular complexity index is 1530. The quantitative estimate of drug-likeness (QED) is 0.290. The molecule has 0 atom stereocenters. The van der Waals surface area contributed by atoms with Crippen molar-refractivity contribution in [3.8, 4) is 5.88 Å². The molecule has 0 fully saturated rings. The molecule has 6 nitrogen and oxygen atoms in total. The van der Waals surface area contributed by atoms with Crippen molar-refractivity contribution in [2.45, 2.75) is 26.2 Å². The minimum Gasteiger partial charge on any atom is -0.481 e. The van der Waals surface area contributed by atoms with E-state index in [2.05, 4.69) is 31.2 Å². The maximum atomic E-state index is 13.4. The van der Waals surface area contributed by atoms with Gasteiger partial charge < -0.3 is 13.9 Å². The van der Waals surface area contributed by atoms with E-state index in [1.165, 1.54) is 12.1 Å². The summed E-state index contributed by atoms with van der Waals surface area (Å²) in [4.78, 5) is 13.8. The summed E-state index contributed by atoms with van der Waals surface area (Å²) in [5, 5.41) is 1.40. The van der Waals surface area contributed by atoms with Gasteiger partial charge in [0.2, 0.25) is 5.88 Å². The van der Waals surface area contributed by atoms with E-state index in [1.807, 2.05) is 46.4 Å². The van der Waals surface area contributed by atoms with Crippen LogP contribution in [0.25, 0.3) is 10.9 Å². The predicted molar refractivity (Wildman–Crippen MR) is 139 cm³/mol. The van der Waals surface area contributed by atoms with Gasteiger partial charge in [-0.1, -0.05) is 29.8 Å². The van der Waals surface area contributed by atoms with E-state index in [9.17, 15) is 4.39 Å². The normalized spacial score (nSPS) is 11.6. The molecule has 3 heterocycles. The van der Waals surface area contributed by atoms with Gasteiger partial charge in [-0.2, -0.15) is 0 Å². The lowest BCUT2D eigenvalue weighted by molar-refractivity contribution is 0.395. The van der Waals surface area contributed by atoms with E-state index in [0.29, 0.717) is 17.3 Å². The van der Waals surface area contributed by atoms with Gasteiger partial charge in [0, 0.05) is 43.9 Å². The molecule has 36 heavy (non-hydrogen) atoms.